The number of hydrogen-bond acceptors (Lipinski definition) is 3. The number of nitrogens with one attached hydrogen (secondary N) is 1. The Balaban J connectivity index is 1.97. The zero-order valence-corrected chi connectivity index (χ0v) is 12.1. The summed E-state index contributed by atoms with van der Waals surface area (Å²) in [7, 11) is 0. The highest BCUT2D eigenvalue weighted by Crippen LogP contribution is 2.15. The predicted octanol–water partition coefficient (Wildman–Crippen LogP) is 3.05. The highest BCUT2D eigenvalue weighted by molar-refractivity contribution is 7.08. The summed E-state index contributed by atoms with van der Waals surface area (Å²) in [6, 6.07) is 0. The Morgan fingerprint density at radius 2 is 2.22 bits per heavy atom. The molecular weight excluding hydrogens is 242 g/mol. The fourth-order valence-corrected chi connectivity index (χ4v) is 2.71. The molecule has 0 atom stereocenters. The number of aromatic nitrogens is 2. The maximum absolute atomic E-state index is 4.26. The molecule has 0 fully saturated rings. The van der Waals surface area contributed by atoms with Crippen molar-refractivity contribution in [1.82, 2.24) is 14.9 Å². The first-order chi connectivity index (χ1) is 8.66. The van der Waals surface area contributed by atoms with Crippen LogP contribution in [0.2, 0.25) is 0 Å². The Bertz CT molecular complexity index is 485. The van der Waals surface area contributed by atoms with E-state index in [2.05, 4.69) is 46.4 Å². The molecule has 0 saturated carbocycles. The largest absolute Gasteiger partial charge is 0.329 e. The summed E-state index contributed by atoms with van der Waals surface area (Å²) >= 11 is 1.77. The van der Waals surface area contributed by atoms with Gasteiger partial charge >= 0.3 is 0 Å². The van der Waals surface area contributed by atoms with Gasteiger partial charge in [0.2, 0.25) is 0 Å². The van der Waals surface area contributed by atoms with E-state index in [0.717, 1.165) is 19.6 Å². The first kappa shape index (κ1) is 13.3. The van der Waals surface area contributed by atoms with Crippen molar-refractivity contribution < 1.29 is 0 Å². The minimum atomic E-state index is 0.681. The van der Waals surface area contributed by atoms with E-state index in [0.29, 0.717) is 5.92 Å². The Morgan fingerprint density at radius 1 is 1.39 bits per heavy atom. The maximum atomic E-state index is 4.26. The van der Waals surface area contributed by atoms with Gasteiger partial charge in [-0.15, -0.1) is 0 Å². The van der Waals surface area contributed by atoms with Gasteiger partial charge in [0.05, 0.1) is 12.0 Å². The van der Waals surface area contributed by atoms with Gasteiger partial charge in [-0.05, 0) is 41.3 Å². The average Bonchev–Trinajstić information content (AvgIpc) is 2.90. The van der Waals surface area contributed by atoms with Crippen LogP contribution in [0.25, 0.3) is 0 Å². The van der Waals surface area contributed by atoms with Crippen molar-refractivity contribution >= 4 is 11.3 Å². The molecule has 2 aromatic heterocycles. The summed E-state index contributed by atoms with van der Waals surface area (Å²) in [6.07, 6.45) is 3.87. The molecule has 0 bridgehead atoms. The van der Waals surface area contributed by atoms with Crippen LogP contribution in [0.3, 0.4) is 0 Å². The van der Waals surface area contributed by atoms with Gasteiger partial charge in [-0.1, -0.05) is 13.8 Å². The fraction of sp³-hybridized carbons (Fsp3) is 0.500. The van der Waals surface area contributed by atoms with Crippen LogP contribution in [0.15, 0.2) is 23.3 Å². The average molecular weight is 263 g/mol. The molecule has 2 heterocycles. The minimum absolute atomic E-state index is 0.681. The third kappa shape index (κ3) is 3.43. The molecular formula is C14H21N3S. The maximum Gasteiger partial charge on any atom is 0.0951 e. The molecule has 4 heteroatoms. The number of imidazole rings is 1. The minimum Gasteiger partial charge on any atom is -0.329 e. The molecule has 0 aliphatic rings. The third-order valence-electron chi connectivity index (χ3n) is 2.96. The fourth-order valence-electron chi connectivity index (χ4n) is 1.86. The molecule has 3 nitrogen and oxygen atoms in total. The van der Waals surface area contributed by atoms with Gasteiger partial charge in [-0.2, -0.15) is 11.3 Å². The molecule has 0 aromatic carbocycles. The molecule has 0 amide bonds. The zero-order valence-electron chi connectivity index (χ0n) is 11.3. The summed E-state index contributed by atoms with van der Waals surface area (Å²) in [5.74, 6) is 0.681. The highest BCUT2D eigenvalue weighted by atomic mass is 32.1. The van der Waals surface area contributed by atoms with Crippen molar-refractivity contribution in [3.63, 3.8) is 0 Å². The van der Waals surface area contributed by atoms with Crippen molar-refractivity contribution in [3.05, 3.63) is 40.1 Å². The van der Waals surface area contributed by atoms with Crippen LogP contribution in [0.4, 0.5) is 0 Å². The Kier molecular flexibility index (Phi) is 4.55. The first-order valence-electron chi connectivity index (χ1n) is 6.38. The van der Waals surface area contributed by atoms with E-state index in [-0.39, 0.29) is 0 Å². The molecule has 0 saturated heterocycles. The van der Waals surface area contributed by atoms with Gasteiger partial charge in [0.15, 0.2) is 0 Å². The van der Waals surface area contributed by atoms with E-state index in [1.807, 2.05) is 12.5 Å². The number of nitrogens with zero attached hydrogens (tertiary/aromatic N) is 2. The van der Waals surface area contributed by atoms with Crippen LogP contribution < -0.4 is 5.32 Å². The second-order valence-electron chi connectivity index (χ2n) is 5.12. The quantitative estimate of drug-likeness (QED) is 0.868. The van der Waals surface area contributed by atoms with E-state index >= 15 is 0 Å². The van der Waals surface area contributed by atoms with E-state index in [4.69, 9.17) is 0 Å². The van der Waals surface area contributed by atoms with Crippen molar-refractivity contribution in [2.75, 3.05) is 6.54 Å². The second-order valence-corrected chi connectivity index (χ2v) is 5.86. The lowest BCUT2D eigenvalue weighted by atomic mass is 10.2. The van der Waals surface area contributed by atoms with E-state index < -0.39 is 0 Å². The van der Waals surface area contributed by atoms with Crippen molar-refractivity contribution in [3.8, 4) is 0 Å². The standard InChI is InChI=1S/C14H21N3S/c1-11(2)4-15-5-14-6-16-10-17(14)7-13-9-18-8-12(13)3/h6,8-11,15H,4-5,7H2,1-3H3. The molecule has 0 unspecified atom stereocenters. The molecule has 0 spiro atoms. The van der Waals surface area contributed by atoms with Gasteiger partial charge in [0.1, 0.15) is 0 Å². The predicted molar refractivity (Wildman–Crippen MR) is 76.9 cm³/mol. The lowest BCUT2D eigenvalue weighted by Gasteiger charge is -2.10. The van der Waals surface area contributed by atoms with Crippen LogP contribution in [-0.2, 0) is 13.1 Å². The van der Waals surface area contributed by atoms with Gasteiger partial charge in [-0.3, -0.25) is 0 Å². The van der Waals surface area contributed by atoms with E-state index in [1.54, 1.807) is 11.3 Å². The molecule has 0 aliphatic heterocycles. The number of rotatable bonds is 6. The zero-order chi connectivity index (χ0) is 13.0. The molecule has 2 rings (SSSR count). The lowest BCUT2D eigenvalue weighted by Crippen LogP contribution is -2.20. The summed E-state index contributed by atoms with van der Waals surface area (Å²) in [6.45, 7) is 9.47. The third-order valence-corrected chi connectivity index (χ3v) is 3.87. The smallest absolute Gasteiger partial charge is 0.0951 e. The summed E-state index contributed by atoms with van der Waals surface area (Å²) in [4.78, 5) is 4.26. The summed E-state index contributed by atoms with van der Waals surface area (Å²) in [5.41, 5.74) is 4.01. The molecule has 2 aromatic rings. The summed E-state index contributed by atoms with van der Waals surface area (Å²) in [5, 5.41) is 7.88. The molecule has 0 radical (unpaired) electrons. The van der Waals surface area contributed by atoms with Gasteiger partial charge in [-0.25, -0.2) is 4.98 Å². The van der Waals surface area contributed by atoms with Crippen molar-refractivity contribution in [2.24, 2.45) is 5.92 Å². The number of aryl methyl sites for hydroxylation is 1. The molecule has 1 N–H and O–H groups in total. The Morgan fingerprint density at radius 3 is 2.89 bits per heavy atom. The first-order valence-corrected chi connectivity index (χ1v) is 7.32. The highest BCUT2D eigenvalue weighted by Gasteiger charge is 2.05. The second kappa shape index (κ2) is 6.16. The van der Waals surface area contributed by atoms with Crippen molar-refractivity contribution in [1.29, 1.82) is 0 Å². The van der Waals surface area contributed by atoms with Crippen LogP contribution in [0.1, 0.15) is 30.7 Å². The van der Waals surface area contributed by atoms with Crippen LogP contribution in [0.5, 0.6) is 0 Å². The summed E-state index contributed by atoms with van der Waals surface area (Å²) < 4.78 is 2.22. The van der Waals surface area contributed by atoms with Gasteiger partial charge in [0, 0.05) is 19.3 Å². The molecule has 0 aliphatic carbocycles. The monoisotopic (exact) mass is 263 g/mol. The Hall–Kier alpha value is -1.13. The Labute approximate surface area is 113 Å². The topological polar surface area (TPSA) is 29.9 Å². The van der Waals surface area contributed by atoms with Gasteiger partial charge < -0.3 is 9.88 Å². The van der Waals surface area contributed by atoms with Crippen molar-refractivity contribution in [2.45, 2.75) is 33.9 Å². The molecule has 98 valence electrons. The van der Waals surface area contributed by atoms with Gasteiger partial charge in [0.25, 0.3) is 0 Å². The van der Waals surface area contributed by atoms with E-state index in [9.17, 15) is 0 Å². The number of hydrogen-bond donors (Lipinski definition) is 1. The van der Waals surface area contributed by atoms with E-state index in [1.165, 1.54) is 16.8 Å². The number of thiophene rings is 1. The molecule has 18 heavy (non-hydrogen) atoms. The normalized spacial score (nSPS) is 11.3. The van der Waals surface area contributed by atoms with Crippen LogP contribution in [0, 0.1) is 12.8 Å². The SMILES string of the molecule is Cc1cscc1Cn1cncc1CNCC(C)C. The lowest BCUT2D eigenvalue weighted by molar-refractivity contribution is 0.539. The van der Waals surface area contributed by atoms with Crippen LogP contribution >= 0.6 is 11.3 Å². The van der Waals surface area contributed by atoms with Crippen LogP contribution in [-0.4, -0.2) is 16.1 Å².